The van der Waals surface area contributed by atoms with Crippen LogP contribution in [0.4, 0.5) is 15.8 Å². The van der Waals surface area contributed by atoms with Gasteiger partial charge in [-0.15, -0.1) is 0 Å². The number of halogens is 1. The van der Waals surface area contributed by atoms with Crippen molar-refractivity contribution >= 4 is 27.1 Å². The van der Waals surface area contributed by atoms with Crippen molar-refractivity contribution in [2.45, 2.75) is 23.8 Å². The molecule has 0 unspecified atom stereocenters. The molecule has 0 aliphatic carbocycles. The Bertz CT molecular complexity index is 1270. The maximum atomic E-state index is 13.3. The highest BCUT2D eigenvalue weighted by atomic mass is 32.2. The van der Waals surface area contributed by atoms with E-state index in [0.717, 1.165) is 24.3 Å². The molecule has 6 nitrogen and oxygen atoms in total. The van der Waals surface area contributed by atoms with Crippen LogP contribution in [0.25, 0.3) is 4.85 Å². The highest BCUT2D eigenvalue weighted by Gasteiger charge is 2.40. The number of hydrogen-bond donors (Lipinski definition) is 2. The van der Waals surface area contributed by atoms with Gasteiger partial charge in [0.05, 0.1) is 17.2 Å². The van der Waals surface area contributed by atoms with Crippen molar-refractivity contribution in [3.8, 4) is 0 Å². The number of nitrogens with zero attached hydrogens (tertiary/aromatic N) is 1. The highest BCUT2D eigenvalue weighted by Crippen LogP contribution is 2.25. The van der Waals surface area contributed by atoms with Gasteiger partial charge in [0.25, 0.3) is 0 Å². The van der Waals surface area contributed by atoms with Gasteiger partial charge in [-0.25, -0.2) is 17.7 Å². The third-order valence-electron chi connectivity index (χ3n) is 5.01. The Morgan fingerprint density at radius 3 is 2.34 bits per heavy atom. The van der Waals surface area contributed by atoms with Gasteiger partial charge in [0.15, 0.2) is 15.5 Å². The molecule has 0 radical (unpaired) electrons. The van der Waals surface area contributed by atoms with Crippen LogP contribution < -0.4 is 11.1 Å². The minimum Gasteiger partial charge on any atom is -0.325 e. The zero-order chi connectivity index (χ0) is 23.4. The normalized spacial score (nSPS) is 13.1. The number of benzene rings is 3. The molecule has 3 rings (SSSR count). The Hall–Kier alpha value is -3.54. The van der Waals surface area contributed by atoms with E-state index in [4.69, 9.17) is 12.3 Å². The van der Waals surface area contributed by atoms with Gasteiger partial charge in [-0.1, -0.05) is 36.4 Å². The Morgan fingerprint density at radius 1 is 1.09 bits per heavy atom. The van der Waals surface area contributed by atoms with Gasteiger partial charge >= 0.3 is 0 Å². The smallest absolute Gasteiger partial charge is 0.245 e. The topological polar surface area (TPSA) is 93.6 Å². The van der Waals surface area contributed by atoms with Crippen LogP contribution in [-0.4, -0.2) is 25.6 Å². The van der Waals surface area contributed by atoms with Gasteiger partial charge in [-0.3, -0.25) is 4.79 Å². The number of carbonyl (C=O) groups is 1. The average molecular weight is 452 g/mol. The number of nitrogens with two attached hydrogens (primary N) is 1. The number of sulfone groups is 1. The molecule has 3 N–H and O–H groups in total. The maximum absolute atomic E-state index is 13.3. The van der Waals surface area contributed by atoms with E-state index in [1.807, 2.05) is 0 Å². The summed E-state index contributed by atoms with van der Waals surface area (Å²) in [7, 11) is -4.00. The lowest BCUT2D eigenvalue weighted by Gasteiger charge is -2.28. The summed E-state index contributed by atoms with van der Waals surface area (Å²) in [5, 5.41) is 2.69. The second-order valence-electron chi connectivity index (χ2n) is 7.60. The zero-order valence-corrected chi connectivity index (χ0v) is 18.2. The first-order chi connectivity index (χ1) is 15.1. The second kappa shape index (κ2) is 9.30. The van der Waals surface area contributed by atoms with Crippen LogP contribution >= 0.6 is 0 Å². The summed E-state index contributed by atoms with van der Waals surface area (Å²) in [4.78, 5) is 16.5. The molecule has 164 valence electrons. The fraction of sp³-hybridized carbons (Fsp3) is 0.167. The number of carbonyl (C=O) groups excluding carboxylic acids is 1. The molecule has 0 saturated carbocycles. The van der Waals surface area contributed by atoms with Gasteiger partial charge in [-0.2, -0.15) is 0 Å². The number of anilines is 1. The van der Waals surface area contributed by atoms with Crippen molar-refractivity contribution in [1.82, 2.24) is 0 Å². The molecule has 0 spiro atoms. The minimum absolute atomic E-state index is 0.0286. The van der Waals surface area contributed by atoms with Crippen molar-refractivity contribution < 1.29 is 17.6 Å². The fourth-order valence-electron chi connectivity index (χ4n) is 3.34. The Balaban J connectivity index is 1.94. The van der Waals surface area contributed by atoms with Crippen molar-refractivity contribution in [3.63, 3.8) is 0 Å². The molecule has 0 aliphatic heterocycles. The van der Waals surface area contributed by atoms with Crippen molar-refractivity contribution in [2.24, 2.45) is 5.73 Å². The van der Waals surface area contributed by atoms with Crippen molar-refractivity contribution in [3.05, 3.63) is 101 Å². The fourth-order valence-corrected chi connectivity index (χ4v) is 4.96. The summed E-state index contributed by atoms with van der Waals surface area (Å²) >= 11 is 0. The summed E-state index contributed by atoms with van der Waals surface area (Å²) in [5.74, 6) is -1.92. The summed E-state index contributed by atoms with van der Waals surface area (Å²) in [6.45, 7) is 8.88. The number of rotatable bonds is 7. The van der Waals surface area contributed by atoms with Crippen LogP contribution in [0.3, 0.4) is 0 Å². The van der Waals surface area contributed by atoms with Gasteiger partial charge < -0.3 is 11.1 Å². The lowest BCUT2D eigenvalue weighted by atomic mass is 9.92. The van der Waals surface area contributed by atoms with E-state index in [1.54, 1.807) is 55.5 Å². The number of hydrogen-bond acceptors (Lipinski definition) is 4. The van der Waals surface area contributed by atoms with Crippen LogP contribution in [0.5, 0.6) is 0 Å². The molecule has 3 aromatic carbocycles. The van der Waals surface area contributed by atoms with Gasteiger partial charge in [-0.05, 0) is 54.4 Å². The Labute approximate surface area is 186 Å². The van der Waals surface area contributed by atoms with E-state index in [-0.39, 0.29) is 11.3 Å². The Kier molecular flexibility index (Phi) is 6.72. The molecule has 0 aliphatic rings. The van der Waals surface area contributed by atoms with Gasteiger partial charge in [0.2, 0.25) is 5.91 Å². The summed E-state index contributed by atoms with van der Waals surface area (Å²) in [5.41, 5.74) is 6.87. The lowest BCUT2D eigenvalue weighted by molar-refractivity contribution is -0.120. The van der Waals surface area contributed by atoms with Crippen molar-refractivity contribution in [2.75, 3.05) is 11.1 Å². The summed E-state index contributed by atoms with van der Waals surface area (Å²) in [6, 6.07) is 18.0. The standard InChI is InChI=1S/C24H22FN3O3S/c1-17-14-20(10-13-22(17)27-2)28-23(29)24(26,15-18-6-4-3-5-7-18)16-32(30,31)21-11-8-19(25)9-12-21/h3-14H,15-16,26H2,1H3,(H,28,29)/t24-/m1/s1. The highest BCUT2D eigenvalue weighted by molar-refractivity contribution is 7.91. The molecule has 0 heterocycles. The van der Waals surface area contributed by atoms with Crippen LogP contribution in [0, 0.1) is 19.3 Å². The number of amides is 1. The van der Waals surface area contributed by atoms with Gasteiger partial charge in [0, 0.05) is 12.1 Å². The molecular formula is C24H22FN3O3S. The minimum atomic E-state index is -4.00. The van der Waals surface area contributed by atoms with E-state index in [2.05, 4.69) is 10.2 Å². The molecule has 0 bridgehead atoms. The number of aryl methyl sites for hydroxylation is 1. The summed E-state index contributed by atoms with van der Waals surface area (Å²) < 4.78 is 39.3. The first kappa shape index (κ1) is 23.1. The first-order valence-electron chi connectivity index (χ1n) is 9.74. The van der Waals surface area contributed by atoms with E-state index in [9.17, 15) is 17.6 Å². The monoisotopic (exact) mass is 451 g/mol. The van der Waals surface area contributed by atoms with Crippen LogP contribution in [0.2, 0.25) is 0 Å². The summed E-state index contributed by atoms with van der Waals surface area (Å²) in [6.07, 6.45) is -0.0286. The SMILES string of the molecule is [C-]#[N+]c1ccc(NC(=O)[C@@](N)(Cc2ccccc2)CS(=O)(=O)c2ccc(F)cc2)cc1C. The molecule has 0 aromatic heterocycles. The molecule has 8 heteroatoms. The van der Waals surface area contributed by atoms with E-state index in [1.165, 1.54) is 0 Å². The van der Waals surface area contributed by atoms with E-state index < -0.39 is 32.9 Å². The molecular weight excluding hydrogens is 429 g/mol. The van der Waals surface area contributed by atoms with Crippen molar-refractivity contribution in [1.29, 1.82) is 0 Å². The van der Waals surface area contributed by atoms with Crippen LogP contribution in [-0.2, 0) is 21.1 Å². The molecule has 32 heavy (non-hydrogen) atoms. The maximum Gasteiger partial charge on any atom is 0.245 e. The van der Waals surface area contributed by atoms with Gasteiger partial charge in [0.1, 0.15) is 11.4 Å². The molecule has 3 aromatic rings. The number of nitrogens with one attached hydrogen (secondary N) is 1. The third kappa shape index (κ3) is 5.38. The van der Waals surface area contributed by atoms with Crippen LogP contribution in [0.15, 0.2) is 77.7 Å². The quantitative estimate of drug-likeness (QED) is 0.419. The lowest BCUT2D eigenvalue weighted by Crippen LogP contribution is -2.57. The molecule has 1 atom stereocenters. The molecule has 0 saturated heterocycles. The predicted octanol–water partition coefficient (Wildman–Crippen LogP) is 4.04. The second-order valence-corrected chi connectivity index (χ2v) is 9.59. The molecule has 1 amide bonds. The van der Waals surface area contributed by atoms with E-state index in [0.29, 0.717) is 22.5 Å². The Morgan fingerprint density at radius 2 is 1.75 bits per heavy atom. The largest absolute Gasteiger partial charge is 0.325 e. The van der Waals surface area contributed by atoms with E-state index >= 15 is 0 Å². The molecule has 0 fully saturated rings. The average Bonchev–Trinajstić information content (AvgIpc) is 2.74. The zero-order valence-electron chi connectivity index (χ0n) is 17.4. The first-order valence-corrected chi connectivity index (χ1v) is 11.4. The predicted molar refractivity (Wildman–Crippen MR) is 122 cm³/mol. The van der Waals surface area contributed by atoms with Crippen LogP contribution in [0.1, 0.15) is 11.1 Å². The third-order valence-corrected chi connectivity index (χ3v) is 6.90.